The molecule has 0 saturated heterocycles. The van der Waals surface area contributed by atoms with Crippen molar-refractivity contribution < 1.29 is 9.59 Å². The highest BCUT2D eigenvalue weighted by Gasteiger charge is 2.36. The molecule has 0 fully saturated rings. The van der Waals surface area contributed by atoms with Gasteiger partial charge in [-0.05, 0) is 25.1 Å². The summed E-state index contributed by atoms with van der Waals surface area (Å²) in [5, 5.41) is 2.76. The van der Waals surface area contributed by atoms with Crippen molar-refractivity contribution in [2.24, 2.45) is 0 Å². The van der Waals surface area contributed by atoms with E-state index in [2.05, 4.69) is 20.9 Å². The van der Waals surface area contributed by atoms with Crippen LogP contribution in [0.5, 0.6) is 0 Å². The van der Waals surface area contributed by atoms with Crippen LogP contribution in [0.15, 0.2) is 28.1 Å². The molecule has 0 radical (unpaired) electrons. The van der Waals surface area contributed by atoms with E-state index in [4.69, 9.17) is 0 Å². The molecule has 19 heavy (non-hydrogen) atoms. The molecule has 0 saturated carbocycles. The summed E-state index contributed by atoms with van der Waals surface area (Å²) < 4.78 is 0.791. The first kappa shape index (κ1) is 12.5. The number of amides is 1. The molecular weight excluding hydrogens is 328 g/mol. The highest BCUT2D eigenvalue weighted by atomic mass is 79.9. The summed E-state index contributed by atoms with van der Waals surface area (Å²) in [7, 11) is 0. The molecule has 1 aliphatic heterocycles. The van der Waals surface area contributed by atoms with Crippen molar-refractivity contribution in [2.75, 3.05) is 4.90 Å². The van der Waals surface area contributed by atoms with Gasteiger partial charge in [0.05, 0.1) is 17.8 Å². The molecular formula is C13H9BrN2O2S. The first-order valence-corrected chi connectivity index (χ1v) is 7.30. The van der Waals surface area contributed by atoms with Crippen LogP contribution in [0.1, 0.15) is 21.1 Å². The zero-order chi connectivity index (χ0) is 13.6. The molecule has 6 heteroatoms. The van der Waals surface area contributed by atoms with Crippen molar-refractivity contribution in [1.82, 2.24) is 4.98 Å². The molecule has 1 amide bonds. The van der Waals surface area contributed by atoms with Gasteiger partial charge in [-0.15, -0.1) is 11.3 Å². The highest BCUT2D eigenvalue weighted by molar-refractivity contribution is 9.10. The first-order valence-electron chi connectivity index (χ1n) is 5.63. The van der Waals surface area contributed by atoms with Gasteiger partial charge in [-0.25, -0.2) is 4.98 Å². The second kappa shape index (κ2) is 4.54. The Bertz CT molecular complexity index is 696. The fourth-order valence-corrected chi connectivity index (χ4v) is 3.16. The lowest BCUT2D eigenvalue weighted by Crippen LogP contribution is -2.29. The minimum Gasteiger partial charge on any atom is -0.298 e. The number of hydrogen-bond acceptors (Lipinski definition) is 4. The molecule has 0 aliphatic carbocycles. The molecule has 96 valence electrons. The van der Waals surface area contributed by atoms with Gasteiger partial charge in [0, 0.05) is 15.5 Å². The second-order valence-corrected chi connectivity index (χ2v) is 6.12. The highest BCUT2D eigenvalue weighted by Crippen LogP contribution is 2.32. The summed E-state index contributed by atoms with van der Waals surface area (Å²) in [6.45, 7) is 2.25. The van der Waals surface area contributed by atoms with E-state index in [9.17, 15) is 9.59 Å². The standard InChI is InChI=1S/C13H9BrN2O2S/c1-7-6-19-11(15-7)5-16-10-3-2-8(14)4-9(10)12(17)13(16)18/h2-4,6H,5H2,1H3. The van der Waals surface area contributed by atoms with Crippen LogP contribution in [0.3, 0.4) is 0 Å². The number of aromatic nitrogens is 1. The van der Waals surface area contributed by atoms with Gasteiger partial charge >= 0.3 is 0 Å². The predicted octanol–water partition coefficient (Wildman–Crippen LogP) is 2.94. The average molecular weight is 337 g/mol. The Morgan fingerprint density at radius 3 is 2.84 bits per heavy atom. The fourth-order valence-electron chi connectivity index (χ4n) is 2.04. The first-order chi connectivity index (χ1) is 9.06. The van der Waals surface area contributed by atoms with Gasteiger partial charge in [0.25, 0.3) is 11.7 Å². The number of carbonyl (C=O) groups excluding carboxylic acids is 2. The normalized spacial score (nSPS) is 14.1. The number of fused-ring (bicyclic) bond motifs is 1. The number of halogens is 1. The van der Waals surface area contributed by atoms with Crippen LogP contribution in [0.4, 0.5) is 5.69 Å². The number of rotatable bonds is 2. The van der Waals surface area contributed by atoms with Crippen molar-refractivity contribution in [3.8, 4) is 0 Å². The van der Waals surface area contributed by atoms with Crippen molar-refractivity contribution >= 4 is 44.6 Å². The molecule has 1 aromatic carbocycles. The van der Waals surface area contributed by atoms with Gasteiger partial charge in [-0.3, -0.25) is 14.5 Å². The monoisotopic (exact) mass is 336 g/mol. The number of ketones is 1. The van der Waals surface area contributed by atoms with E-state index >= 15 is 0 Å². The number of benzene rings is 1. The van der Waals surface area contributed by atoms with E-state index in [0.29, 0.717) is 17.8 Å². The van der Waals surface area contributed by atoms with Crippen LogP contribution in [0, 0.1) is 6.92 Å². The molecule has 0 atom stereocenters. The third-order valence-corrected chi connectivity index (χ3v) is 4.34. The van der Waals surface area contributed by atoms with E-state index in [1.54, 1.807) is 12.1 Å². The van der Waals surface area contributed by atoms with E-state index in [1.165, 1.54) is 16.2 Å². The Hall–Kier alpha value is -1.53. The smallest absolute Gasteiger partial charge is 0.298 e. The quantitative estimate of drug-likeness (QED) is 0.792. The Labute approximate surface area is 122 Å². The average Bonchev–Trinajstić information content (AvgIpc) is 2.88. The van der Waals surface area contributed by atoms with E-state index in [-0.39, 0.29) is 0 Å². The summed E-state index contributed by atoms with van der Waals surface area (Å²) in [4.78, 5) is 29.8. The summed E-state index contributed by atoms with van der Waals surface area (Å²) in [6, 6.07) is 5.29. The summed E-state index contributed by atoms with van der Waals surface area (Å²) in [5.41, 5.74) is 2.03. The van der Waals surface area contributed by atoms with Crippen molar-refractivity contribution in [3.05, 3.63) is 44.3 Å². The largest absolute Gasteiger partial charge is 0.299 e. The minimum atomic E-state index is -0.485. The van der Waals surface area contributed by atoms with Crippen LogP contribution in [-0.4, -0.2) is 16.7 Å². The fraction of sp³-hybridized carbons (Fsp3) is 0.154. The lowest BCUT2D eigenvalue weighted by molar-refractivity contribution is -0.114. The van der Waals surface area contributed by atoms with Crippen molar-refractivity contribution in [2.45, 2.75) is 13.5 Å². The van der Waals surface area contributed by atoms with Gasteiger partial charge < -0.3 is 0 Å². The summed E-state index contributed by atoms with van der Waals surface area (Å²) in [6.07, 6.45) is 0. The van der Waals surface area contributed by atoms with Crippen LogP contribution in [0.25, 0.3) is 0 Å². The Morgan fingerprint density at radius 2 is 2.16 bits per heavy atom. The molecule has 0 spiro atoms. The van der Waals surface area contributed by atoms with Gasteiger partial charge in [-0.1, -0.05) is 15.9 Å². The molecule has 2 aromatic rings. The number of Topliss-reactive ketones (excluding diaryl/α,β-unsaturated/α-hetero) is 1. The van der Waals surface area contributed by atoms with Gasteiger partial charge in [0.15, 0.2) is 0 Å². The van der Waals surface area contributed by atoms with Crippen molar-refractivity contribution in [1.29, 1.82) is 0 Å². The van der Waals surface area contributed by atoms with E-state index in [1.807, 2.05) is 18.4 Å². The number of aryl methyl sites for hydroxylation is 1. The zero-order valence-electron chi connectivity index (χ0n) is 10.0. The van der Waals surface area contributed by atoms with Gasteiger partial charge in [-0.2, -0.15) is 0 Å². The number of hydrogen-bond donors (Lipinski definition) is 0. The Kier molecular flexibility index (Phi) is 2.99. The zero-order valence-corrected chi connectivity index (χ0v) is 12.4. The van der Waals surface area contributed by atoms with Crippen LogP contribution in [-0.2, 0) is 11.3 Å². The number of carbonyl (C=O) groups is 2. The molecule has 2 heterocycles. The number of nitrogens with zero attached hydrogens (tertiary/aromatic N) is 2. The molecule has 1 aromatic heterocycles. The van der Waals surface area contributed by atoms with Crippen molar-refractivity contribution in [3.63, 3.8) is 0 Å². The third kappa shape index (κ3) is 2.11. The van der Waals surface area contributed by atoms with Gasteiger partial charge in [0.2, 0.25) is 0 Å². The topological polar surface area (TPSA) is 50.3 Å². The lowest BCUT2D eigenvalue weighted by Gasteiger charge is -2.14. The molecule has 3 rings (SSSR count). The predicted molar refractivity (Wildman–Crippen MR) is 76.5 cm³/mol. The second-order valence-electron chi connectivity index (χ2n) is 4.26. The summed E-state index contributed by atoms with van der Waals surface area (Å²) >= 11 is 4.80. The van der Waals surface area contributed by atoms with Crippen LogP contribution < -0.4 is 4.90 Å². The lowest BCUT2D eigenvalue weighted by atomic mass is 10.1. The van der Waals surface area contributed by atoms with E-state index in [0.717, 1.165) is 15.2 Å². The minimum absolute atomic E-state index is 0.345. The Morgan fingerprint density at radius 1 is 1.37 bits per heavy atom. The number of anilines is 1. The molecule has 4 nitrogen and oxygen atoms in total. The van der Waals surface area contributed by atoms with Crippen LogP contribution >= 0.6 is 27.3 Å². The maximum atomic E-state index is 12.0. The van der Waals surface area contributed by atoms with Gasteiger partial charge in [0.1, 0.15) is 5.01 Å². The molecule has 0 unspecified atom stereocenters. The molecule has 1 aliphatic rings. The van der Waals surface area contributed by atoms with E-state index < -0.39 is 11.7 Å². The third-order valence-electron chi connectivity index (χ3n) is 2.89. The summed E-state index contributed by atoms with van der Waals surface area (Å²) in [5.74, 6) is -0.939. The number of thiazole rings is 1. The maximum absolute atomic E-state index is 12.0. The van der Waals surface area contributed by atoms with Crippen LogP contribution in [0.2, 0.25) is 0 Å². The molecule has 0 bridgehead atoms. The molecule has 0 N–H and O–H groups in total. The SMILES string of the molecule is Cc1csc(CN2C(=O)C(=O)c3cc(Br)ccc32)n1. The Balaban J connectivity index is 1.99. The maximum Gasteiger partial charge on any atom is 0.299 e.